The Balaban J connectivity index is 2.35. The topological polar surface area (TPSA) is 93.7 Å². The molecule has 22 heavy (non-hydrogen) atoms. The molecular formula is C15H16N2O5. The summed E-state index contributed by atoms with van der Waals surface area (Å²) in [5.41, 5.74) is 1.43. The number of methoxy groups -OCH3 is 1. The monoisotopic (exact) mass is 304 g/mol. The lowest BCUT2D eigenvalue weighted by atomic mass is 9.95. The van der Waals surface area contributed by atoms with E-state index in [0.29, 0.717) is 22.6 Å². The molecule has 1 aliphatic heterocycles. The van der Waals surface area contributed by atoms with Crippen molar-refractivity contribution in [3.8, 4) is 5.75 Å². The van der Waals surface area contributed by atoms with E-state index in [-0.39, 0.29) is 0 Å². The molecule has 2 rings (SSSR count). The van der Waals surface area contributed by atoms with Gasteiger partial charge in [-0.15, -0.1) is 0 Å². The van der Waals surface area contributed by atoms with Crippen molar-refractivity contribution in [1.29, 1.82) is 0 Å². The molecule has 1 aromatic rings. The summed E-state index contributed by atoms with van der Waals surface area (Å²) in [4.78, 5) is 34.5. The first-order chi connectivity index (χ1) is 10.4. The van der Waals surface area contributed by atoms with Gasteiger partial charge in [-0.1, -0.05) is 12.1 Å². The van der Waals surface area contributed by atoms with Crippen LogP contribution in [0.2, 0.25) is 0 Å². The molecule has 0 saturated carbocycles. The molecule has 0 bridgehead atoms. The van der Waals surface area contributed by atoms with Gasteiger partial charge in [-0.05, 0) is 24.6 Å². The Morgan fingerprint density at radius 3 is 2.36 bits per heavy atom. The highest BCUT2D eigenvalue weighted by Crippen LogP contribution is 2.28. The lowest BCUT2D eigenvalue weighted by Crippen LogP contribution is -2.45. The number of esters is 2. The average Bonchev–Trinajstić information content (AvgIpc) is 2.46. The third-order valence-corrected chi connectivity index (χ3v) is 3.15. The van der Waals surface area contributed by atoms with Crippen molar-refractivity contribution in [2.75, 3.05) is 7.11 Å². The van der Waals surface area contributed by atoms with E-state index < -0.39 is 24.0 Å². The number of benzene rings is 1. The van der Waals surface area contributed by atoms with Gasteiger partial charge in [0.05, 0.1) is 18.7 Å². The van der Waals surface area contributed by atoms with Crippen LogP contribution >= 0.6 is 0 Å². The summed E-state index contributed by atoms with van der Waals surface area (Å²) in [6.07, 6.45) is 0. The van der Waals surface area contributed by atoms with Crippen molar-refractivity contribution in [1.82, 2.24) is 10.6 Å². The fourth-order valence-electron chi connectivity index (χ4n) is 2.22. The third kappa shape index (κ3) is 3.25. The van der Waals surface area contributed by atoms with Gasteiger partial charge in [-0.2, -0.15) is 0 Å². The Morgan fingerprint density at radius 1 is 1.18 bits per heavy atom. The number of ether oxygens (including phenoxy) is 2. The van der Waals surface area contributed by atoms with Crippen LogP contribution < -0.4 is 15.4 Å². The van der Waals surface area contributed by atoms with Crippen LogP contribution in [0.15, 0.2) is 35.5 Å². The molecule has 1 unspecified atom stereocenters. The molecule has 0 spiro atoms. The Kier molecular flexibility index (Phi) is 4.45. The summed E-state index contributed by atoms with van der Waals surface area (Å²) in [7, 11) is 1.28. The summed E-state index contributed by atoms with van der Waals surface area (Å²) in [5, 5.41) is 5.21. The Labute approximate surface area is 127 Å². The minimum absolute atomic E-state index is 0.322. The molecule has 1 heterocycles. The standard InChI is InChI=1S/C15H16N2O5/c1-8-12(14(19)21-3)13(17-15(20)16-8)10-4-6-11(7-5-10)22-9(2)18/h4-7,13H,1-3H3,(H2,16,17,20). The normalized spacial score (nSPS) is 17.4. The molecule has 2 amide bonds. The molecule has 0 aliphatic carbocycles. The van der Waals surface area contributed by atoms with Gasteiger partial charge in [-0.25, -0.2) is 9.59 Å². The molecule has 1 aromatic carbocycles. The number of rotatable bonds is 3. The molecule has 0 radical (unpaired) electrons. The summed E-state index contributed by atoms with van der Waals surface area (Å²) >= 11 is 0. The smallest absolute Gasteiger partial charge is 0.337 e. The maximum atomic E-state index is 11.9. The summed E-state index contributed by atoms with van der Waals surface area (Å²) in [6, 6.07) is 5.49. The van der Waals surface area contributed by atoms with Crippen LogP contribution in [0.1, 0.15) is 25.5 Å². The highest BCUT2D eigenvalue weighted by Gasteiger charge is 2.31. The van der Waals surface area contributed by atoms with Crippen LogP contribution in [0, 0.1) is 0 Å². The first-order valence-corrected chi connectivity index (χ1v) is 6.57. The third-order valence-electron chi connectivity index (χ3n) is 3.15. The number of hydrogen-bond acceptors (Lipinski definition) is 5. The number of nitrogens with one attached hydrogen (secondary N) is 2. The van der Waals surface area contributed by atoms with Crippen LogP contribution in [-0.2, 0) is 14.3 Å². The fraction of sp³-hybridized carbons (Fsp3) is 0.267. The Morgan fingerprint density at radius 2 is 1.82 bits per heavy atom. The average molecular weight is 304 g/mol. The van der Waals surface area contributed by atoms with Crippen LogP contribution in [0.25, 0.3) is 0 Å². The molecule has 0 aromatic heterocycles. The van der Waals surface area contributed by atoms with Crippen molar-refractivity contribution in [3.63, 3.8) is 0 Å². The number of carbonyl (C=O) groups excluding carboxylic acids is 3. The van der Waals surface area contributed by atoms with Crippen LogP contribution in [0.3, 0.4) is 0 Å². The molecule has 1 aliphatic rings. The van der Waals surface area contributed by atoms with Gasteiger partial charge in [0.1, 0.15) is 5.75 Å². The van der Waals surface area contributed by atoms with Gasteiger partial charge in [0.25, 0.3) is 0 Å². The first-order valence-electron chi connectivity index (χ1n) is 6.57. The summed E-state index contributed by atoms with van der Waals surface area (Å²) in [5.74, 6) is -0.565. The molecule has 2 N–H and O–H groups in total. The minimum Gasteiger partial charge on any atom is -0.466 e. The van der Waals surface area contributed by atoms with Gasteiger partial charge in [-0.3, -0.25) is 4.79 Å². The predicted octanol–water partition coefficient (Wildman–Crippen LogP) is 1.41. The molecule has 0 fully saturated rings. The second kappa shape index (κ2) is 6.30. The van der Waals surface area contributed by atoms with Crippen molar-refractivity contribution < 1.29 is 23.9 Å². The summed E-state index contributed by atoms with van der Waals surface area (Å²) in [6.45, 7) is 2.94. The zero-order chi connectivity index (χ0) is 16.3. The van der Waals surface area contributed by atoms with Crippen molar-refractivity contribution in [2.24, 2.45) is 0 Å². The van der Waals surface area contributed by atoms with Gasteiger partial charge in [0, 0.05) is 12.6 Å². The maximum absolute atomic E-state index is 11.9. The zero-order valence-electron chi connectivity index (χ0n) is 12.4. The number of allylic oxidation sites excluding steroid dienone is 1. The van der Waals surface area contributed by atoms with Crippen molar-refractivity contribution >= 4 is 18.0 Å². The lowest BCUT2D eigenvalue weighted by Gasteiger charge is -2.27. The largest absolute Gasteiger partial charge is 0.466 e. The quantitative estimate of drug-likeness (QED) is 0.650. The molecular weight excluding hydrogens is 288 g/mol. The van der Waals surface area contributed by atoms with E-state index in [0.717, 1.165) is 0 Å². The minimum atomic E-state index is -0.632. The Hall–Kier alpha value is -2.83. The van der Waals surface area contributed by atoms with E-state index >= 15 is 0 Å². The van der Waals surface area contributed by atoms with Crippen molar-refractivity contribution in [2.45, 2.75) is 19.9 Å². The lowest BCUT2D eigenvalue weighted by molar-refractivity contribution is -0.136. The van der Waals surface area contributed by atoms with E-state index in [4.69, 9.17) is 9.47 Å². The highest BCUT2D eigenvalue weighted by molar-refractivity contribution is 5.94. The predicted molar refractivity (Wildman–Crippen MR) is 76.9 cm³/mol. The molecule has 0 saturated heterocycles. The SMILES string of the molecule is COC(=O)C1=C(C)NC(=O)NC1c1ccc(OC(C)=O)cc1. The van der Waals surface area contributed by atoms with E-state index in [1.54, 1.807) is 31.2 Å². The fourth-order valence-corrected chi connectivity index (χ4v) is 2.22. The molecule has 7 heteroatoms. The highest BCUT2D eigenvalue weighted by atomic mass is 16.5. The van der Waals surface area contributed by atoms with Crippen LogP contribution in [0.4, 0.5) is 4.79 Å². The van der Waals surface area contributed by atoms with E-state index in [2.05, 4.69) is 10.6 Å². The molecule has 7 nitrogen and oxygen atoms in total. The van der Waals surface area contributed by atoms with Gasteiger partial charge >= 0.3 is 18.0 Å². The number of amides is 2. The van der Waals surface area contributed by atoms with Crippen LogP contribution in [-0.4, -0.2) is 25.1 Å². The van der Waals surface area contributed by atoms with Gasteiger partial charge in [0.2, 0.25) is 0 Å². The second-order valence-electron chi connectivity index (χ2n) is 4.72. The van der Waals surface area contributed by atoms with Gasteiger partial charge in [0.15, 0.2) is 0 Å². The molecule has 1 atom stereocenters. The van der Waals surface area contributed by atoms with E-state index in [1.165, 1.54) is 14.0 Å². The summed E-state index contributed by atoms with van der Waals surface area (Å²) < 4.78 is 9.72. The number of carbonyl (C=O) groups is 3. The molecule has 116 valence electrons. The number of hydrogen-bond donors (Lipinski definition) is 2. The van der Waals surface area contributed by atoms with Crippen LogP contribution in [0.5, 0.6) is 5.75 Å². The maximum Gasteiger partial charge on any atom is 0.337 e. The van der Waals surface area contributed by atoms with Crippen molar-refractivity contribution in [3.05, 3.63) is 41.1 Å². The zero-order valence-corrected chi connectivity index (χ0v) is 12.4. The van der Waals surface area contributed by atoms with Gasteiger partial charge < -0.3 is 20.1 Å². The number of urea groups is 1. The Bertz CT molecular complexity index is 648. The first kappa shape index (κ1) is 15.6. The van der Waals surface area contributed by atoms with E-state index in [1.807, 2.05) is 0 Å². The van der Waals surface area contributed by atoms with E-state index in [9.17, 15) is 14.4 Å². The second-order valence-corrected chi connectivity index (χ2v) is 4.72.